The number of anilines is 1. The van der Waals surface area contributed by atoms with Crippen molar-refractivity contribution in [1.82, 2.24) is 19.8 Å². The highest BCUT2D eigenvalue weighted by molar-refractivity contribution is 7.98. The molecule has 0 radical (unpaired) electrons. The molecule has 0 saturated carbocycles. The molecular formula is C24H36F3N5O4S. The van der Waals surface area contributed by atoms with Gasteiger partial charge in [0.2, 0.25) is 0 Å². The zero-order chi connectivity index (χ0) is 26.4. The van der Waals surface area contributed by atoms with Gasteiger partial charge in [-0.25, -0.2) is 9.97 Å². The molecule has 1 aromatic rings. The molecule has 0 bridgehead atoms. The Balaban J connectivity index is 1.01. The van der Waals surface area contributed by atoms with Gasteiger partial charge in [0.1, 0.15) is 18.1 Å². The number of piperidine rings is 1. The molecule has 208 valence electrons. The Morgan fingerprint density at radius 2 is 1.62 bits per heavy atom. The number of rotatable bonds is 8. The Morgan fingerprint density at radius 1 is 0.973 bits per heavy atom. The number of piperazine rings is 1. The minimum Gasteiger partial charge on any atom is -0.375 e. The molecule has 4 fully saturated rings. The summed E-state index contributed by atoms with van der Waals surface area (Å²) in [6.07, 6.45) is -1.21. The van der Waals surface area contributed by atoms with Gasteiger partial charge in [-0.1, -0.05) is 11.8 Å². The summed E-state index contributed by atoms with van der Waals surface area (Å²) in [5, 5.41) is 0.128. The Bertz CT molecular complexity index is 936. The quantitative estimate of drug-likeness (QED) is 0.275. The van der Waals surface area contributed by atoms with Gasteiger partial charge < -0.3 is 23.8 Å². The van der Waals surface area contributed by atoms with Crippen LogP contribution in [0.3, 0.4) is 0 Å². The van der Waals surface area contributed by atoms with Crippen LogP contribution in [0.4, 0.5) is 19.0 Å². The third-order valence-corrected chi connectivity index (χ3v) is 7.50. The fourth-order valence-electron chi connectivity index (χ4n) is 4.90. The van der Waals surface area contributed by atoms with Crippen LogP contribution in [-0.4, -0.2) is 108 Å². The summed E-state index contributed by atoms with van der Waals surface area (Å²) in [7, 11) is 0. The molecule has 4 saturated heterocycles. The molecule has 37 heavy (non-hydrogen) atoms. The highest BCUT2D eigenvalue weighted by Crippen LogP contribution is 2.35. The van der Waals surface area contributed by atoms with Gasteiger partial charge >= 0.3 is 6.18 Å². The van der Waals surface area contributed by atoms with Crippen LogP contribution in [0.1, 0.15) is 39.3 Å². The van der Waals surface area contributed by atoms with Crippen molar-refractivity contribution >= 4 is 17.6 Å². The van der Waals surface area contributed by atoms with Crippen LogP contribution in [0.15, 0.2) is 11.2 Å². The van der Waals surface area contributed by atoms with Gasteiger partial charge in [-0.2, -0.15) is 13.2 Å². The van der Waals surface area contributed by atoms with Gasteiger partial charge in [0.05, 0.1) is 18.3 Å². The van der Waals surface area contributed by atoms with Crippen LogP contribution in [0, 0.1) is 0 Å². The highest BCUT2D eigenvalue weighted by Gasteiger charge is 2.50. The minimum absolute atomic E-state index is 0.0567. The number of hydrogen-bond acceptors (Lipinski definition) is 10. The van der Waals surface area contributed by atoms with Crippen molar-refractivity contribution in [2.24, 2.45) is 0 Å². The maximum Gasteiger partial charge on any atom is 0.433 e. The predicted molar refractivity (Wildman–Crippen MR) is 131 cm³/mol. The number of nitrogens with zero attached hydrogens (tertiary/aromatic N) is 5. The first-order valence-corrected chi connectivity index (χ1v) is 14.1. The van der Waals surface area contributed by atoms with Crippen molar-refractivity contribution in [2.75, 3.05) is 57.0 Å². The van der Waals surface area contributed by atoms with E-state index in [0.717, 1.165) is 56.8 Å². The summed E-state index contributed by atoms with van der Waals surface area (Å²) in [5.41, 5.74) is -1.11. The van der Waals surface area contributed by atoms with Crippen LogP contribution in [-0.2, 0) is 25.1 Å². The smallest absolute Gasteiger partial charge is 0.375 e. The van der Waals surface area contributed by atoms with Crippen LogP contribution < -0.4 is 4.90 Å². The average molecular weight is 548 g/mol. The summed E-state index contributed by atoms with van der Waals surface area (Å²) < 4.78 is 63.3. The lowest BCUT2D eigenvalue weighted by molar-refractivity contribution is -0.141. The van der Waals surface area contributed by atoms with E-state index >= 15 is 0 Å². The SMILES string of the molecule is CSc1nc(N2CCC(OCC3OC3N3CCN(C4OC4OC(C)(C)C)CC3)CC2)cc(C(F)(F)F)n1. The van der Waals surface area contributed by atoms with Crippen molar-refractivity contribution < 1.29 is 32.1 Å². The average Bonchev–Trinajstić information content (AvgIpc) is 3.78. The van der Waals surface area contributed by atoms with Gasteiger partial charge in [-0.3, -0.25) is 9.80 Å². The molecular weight excluding hydrogens is 511 g/mol. The number of epoxide rings is 2. The Labute approximate surface area is 219 Å². The number of halogens is 3. The summed E-state index contributed by atoms with van der Waals surface area (Å²) in [4.78, 5) is 14.5. The van der Waals surface area contributed by atoms with Gasteiger partial charge in [0, 0.05) is 45.3 Å². The predicted octanol–water partition coefficient (Wildman–Crippen LogP) is 3.04. The molecule has 1 aromatic heterocycles. The van der Waals surface area contributed by atoms with Gasteiger partial charge in [0.15, 0.2) is 23.4 Å². The second-order valence-corrected chi connectivity index (χ2v) is 11.7. The number of alkyl halides is 3. The standard InChI is InChI=1S/C24H36F3N5O4S/c1-23(2,3)36-21-20(35-21)32-11-9-31(10-12-32)19-16(34-19)14-33-15-5-7-30(8-6-15)18-13-17(24(25,26)27)28-22(29-18)37-4/h13,15-16,19-21H,5-12,14H2,1-4H3. The Morgan fingerprint density at radius 3 is 2.22 bits per heavy atom. The first kappa shape index (κ1) is 27.4. The van der Waals surface area contributed by atoms with Crippen LogP contribution in [0.5, 0.6) is 0 Å². The van der Waals surface area contributed by atoms with Gasteiger partial charge in [-0.05, 0) is 39.9 Å². The second kappa shape index (κ2) is 10.7. The molecule has 0 amide bonds. The van der Waals surface area contributed by atoms with Crippen molar-refractivity contribution in [3.8, 4) is 0 Å². The summed E-state index contributed by atoms with van der Waals surface area (Å²) in [6, 6.07) is 1.04. The monoisotopic (exact) mass is 547 g/mol. The molecule has 0 N–H and O–H groups in total. The molecule has 4 unspecified atom stereocenters. The molecule has 9 nitrogen and oxygen atoms in total. The van der Waals surface area contributed by atoms with E-state index in [1.807, 2.05) is 25.7 Å². The third-order valence-electron chi connectivity index (χ3n) is 6.95. The first-order chi connectivity index (χ1) is 17.5. The zero-order valence-corrected chi connectivity index (χ0v) is 22.6. The molecule has 4 aliphatic heterocycles. The number of aromatic nitrogens is 2. The molecule has 13 heteroatoms. The molecule has 0 aliphatic carbocycles. The number of hydrogen-bond donors (Lipinski definition) is 0. The van der Waals surface area contributed by atoms with E-state index in [9.17, 15) is 13.2 Å². The normalized spacial score (nSPS) is 30.1. The minimum atomic E-state index is -4.49. The van der Waals surface area contributed by atoms with Gasteiger partial charge in [-0.15, -0.1) is 0 Å². The van der Waals surface area contributed by atoms with Crippen LogP contribution >= 0.6 is 11.8 Å². The summed E-state index contributed by atoms with van der Waals surface area (Å²) >= 11 is 1.11. The lowest BCUT2D eigenvalue weighted by Crippen LogP contribution is -2.49. The van der Waals surface area contributed by atoms with E-state index in [1.165, 1.54) is 0 Å². The molecule has 0 spiro atoms. The fourth-order valence-corrected chi connectivity index (χ4v) is 5.28. The zero-order valence-electron chi connectivity index (χ0n) is 21.7. The van der Waals surface area contributed by atoms with E-state index in [2.05, 4.69) is 19.8 Å². The second-order valence-electron chi connectivity index (χ2n) is 10.9. The summed E-state index contributed by atoms with van der Waals surface area (Å²) in [6.45, 7) is 11.5. The Kier molecular flexibility index (Phi) is 7.94. The van der Waals surface area contributed by atoms with Gasteiger partial charge in [0.25, 0.3) is 0 Å². The van der Waals surface area contributed by atoms with E-state index in [-0.39, 0.29) is 41.7 Å². The topological polar surface area (TPSA) is 79.0 Å². The van der Waals surface area contributed by atoms with Crippen LogP contribution in [0.2, 0.25) is 0 Å². The van der Waals surface area contributed by atoms with E-state index in [1.54, 1.807) is 6.26 Å². The lowest BCUT2D eigenvalue weighted by atomic mass is 10.1. The van der Waals surface area contributed by atoms with Crippen LogP contribution in [0.25, 0.3) is 0 Å². The Hall–Kier alpha value is -1.22. The highest BCUT2D eigenvalue weighted by atomic mass is 32.2. The first-order valence-electron chi connectivity index (χ1n) is 12.8. The van der Waals surface area contributed by atoms with Crippen molar-refractivity contribution in [2.45, 2.75) is 81.5 Å². The maximum absolute atomic E-state index is 13.2. The molecule has 0 aromatic carbocycles. The fraction of sp³-hybridized carbons (Fsp3) is 0.833. The van der Waals surface area contributed by atoms with E-state index < -0.39 is 11.9 Å². The number of thioether (sulfide) groups is 1. The van der Waals surface area contributed by atoms with Crippen molar-refractivity contribution in [3.05, 3.63) is 11.8 Å². The largest absolute Gasteiger partial charge is 0.433 e. The van der Waals surface area contributed by atoms with Crippen molar-refractivity contribution in [1.29, 1.82) is 0 Å². The third kappa shape index (κ3) is 7.06. The molecule has 5 rings (SSSR count). The summed E-state index contributed by atoms with van der Waals surface area (Å²) in [5.74, 6) is 0.322. The number of ether oxygens (including phenoxy) is 4. The van der Waals surface area contributed by atoms with E-state index in [4.69, 9.17) is 18.9 Å². The lowest BCUT2D eigenvalue weighted by Gasteiger charge is -2.33. The molecule has 5 heterocycles. The van der Waals surface area contributed by atoms with E-state index in [0.29, 0.717) is 25.5 Å². The van der Waals surface area contributed by atoms with Crippen molar-refractivity contribution in [3.63, 3.8) is 0 Å². The molecule has 4 atom stereocenters. The molecule has 4 aliphatic rings. The maximum atomic E-state index is 13.2.